The van der Waals surface area contributed by atoms with Crippen molar-refractivity contribution in [1.29, 1.82) is 0 Å². The van der Waals surface area contributed by atoms with Gasteiger partial charge >= 0.3 is 0 Å². The molecule has 5 nitrogen and oxygen atoms in total. The van der Waals surface area contributed by atoms with Crippen molar-refractivity contribution in [1.82, 2.24) is 5.32 Å². The molecule has 70 valence electrons. The molecule has 0 saturated carbocycles. The zero-order valence-corrected chi connectivity index (χ0v) is 7.30. The van der Waals surface area contributed by atoms with Crippen LogP contribution in [-0.4, -0.2) is 18.4 Å². The normalized spacial score (nSPS) is 9.62. The SMILES string of the molecule is NC(=O)CNC(=O)c1ccc(Cl)o1. The maximum Gasteiger partial charge on any atom is 0.287 e. The van der Waals surface area contributed by atoms with Gasteiger partial charge in [0.15, 0.2) is 11.0 Å². The van der Waals surface area contributed by atoms with E-state index in [1.54, 1.807) is 0 Å². The van der Waals surface area contributed by atoms with Crippen LogP contribution in [0.15, 0.2) is 16.5 Å². The quantitative estimate of drug-likeness (QED) is 0.732. The van der Waals surface area contributed by atoms with Crippen LogP contribution in [0.25, 0.3) is 0 Å². The van der Waals surface area contributed by atoms with Crippen LogP contribution >= 0.6 is 11.6 Å². The highest BCUT2D eigenvalue weighted by atomic mass is 35.5. The van der Waals surface area contributed by atoms with Crippen molar-refractivity contribution in [3.8, 4) is 0 Å². The molecule has 0 fully saturated rings. The van der Waals surface area contributed by atoms with Gasteiger partial charge in [0, 0.05) is 0 Å². The molecule has 1 aromatic heterocycles. The van der Waals surface area contributed by atoms with Gasteiger partial charge in [0.2, 0.25) is 5.91 Å². The van der Waals surface area contributed by atoms with Crippen molar-refractivity contribution in [2.45, 2.75) is 0 Å². The number of nitrogens with one attached hydrogen (secondary N) is 1. The highest BCUT2D eigenvalue weighted by Gasteiger charge is 2.10. The Kier molecular flexibility index (Phi) is 2.92. The maximum atomic E-state index is 11.1. The van der Waals surface area contributed by atoms with Gasteiger partial charge in [-0.15, -0.1) is 0 Å². The number of hydrogen-bond acceptors (Lipinski definition) is 3. The lowest BCUT2D eigenvalue weighted by Crippen LogP contribution is -2.33. The number of carbonyl (C=O) groups is 2. The van der Waals surface area contributed by atoms with E-state index in [1.165, 1.54) is 12.1 Å². The summed E-state index contributed by atoms with van der Waals surface area (Å²) in [5, 5.41) is 2.36. The molecule has 0 aliphatic heterocycles. The predicted molar refractivity (Wildman–Crippen MR) is 45.2 cm³/mol. The van der Waals surface area contributed by atoms with Crippen LogP contribution in [0.1, 0.15) is 10.6 Å². The fourth-order valence-electron chi connectivity index (χ4n) is 0.691. The molecule has 0 saturated heterocycles. The van der Waals surface area contributed by atoms with Gasteiger partial charge in [-0.05, 0) is 23.7 Å². The third-order valence-electron chi connectivity index (χ3n) is 1.22. The van der Waals surface area contributed by atoms with E-state index in [0.29, 0.717) is 0 Å². The molecular formula is C7H7ClN2O3. The van der Waals surface area contributed by atoms with Gasteiger partial charge in [-0.25, -0.2) is 0 Å². The second-order valence-electron chi connectivity index (χ2n) is 2.25. The Bertz CT molecular complexity index is 334. The van der Waals surface area contributed by atoms with Gasteiger partial charge in [-0.1, -0.05) is 0 Å². The predicted octanol–water partition coefficient (Wildman–Crippen LogP) is 0.148. The summed E-state index contributed by atoms with van der Waals surface area (Å²) in [6.07, 6.45) is 0. The zero-order chi connectivity index (χ0) is 9.84. The number of nitrogens with two attached hydrogens (primary N) is 1. The molecule has 0 radical (unpaired) electrons. The first-order chi connectivity index (χ1) is 6.09. The number of hydrogen-bond donors (Lipinski definition) is 2. The van der Waals surface area contributed by atoms with E-state index in [1.807, 2.05) is 0 Å². The van der Waals surface area contributed by atoms with Crippen molar-refractivity contribution in [3.63, 3.8) is 0 Å². The van der Waals surface area contributed by atoms with Gasteiger partial charge in [-0.2, -0.15) is 0 Å². The Morgan fingerprint density at radius 1 is 1.54 bits per heavy atom. The van der Waals surface area contributed by atoms with E-state index in [0.717, 1.165) is 0 Å². The summed E-state index contributed by atoms with van der Waals surface area (Å²) in [6.45, 7) is -0.225. The zero-order valence-electron chi connectivity index (χ0n) is 6.54. The molecule has 0 unspecified atom stereocenters. The number of carbonyl (C=O) groups excluding carboxylic acids is 2. The van der Waals surface area contributed by atoms with Gasteiger partial charge in [0.25, 0.3) is 5.91 Å². The molecule has 3 N–H and O–H groups in total. The van der Waals surface area contributed by atoms with Crippen LogP contribution in [0.5, 0.6) is 0 Å². The molecule has 6 heteroatoms. The number of primary amides is 1. The van der Waals surface area contributed by atoms with Crippen molar-refractivity contribution in [2.24, 2.45) is 5.73 Å². The minimum Gasteiger partial charge on any atom is -0.440 e. The van der Waals surface area contributed by atoms with Crippen LogP contribution in [-0.2, 0) is 4.79 Å². The first kappa shape index (κ1) is 9.60. The van der Waals surface area contributed by atoms with Crippen molar-refractivity contribution in [2.75, 3.05) is 6.54 Å². The van der Waals surface area contributed by atoms with E-state index < -0.39 is 11.8 Å². The standard InChI is InChI=1S/C7H7ClN2O3/c8-5-2-1-4(13-5)7(12)10-3-6(9)11/h1-2H,3H2,(H2,9,11)(H,10,12). The lowest BCUT2D eigenvalue weighted by molar-refractivity contribution is -0.117. The number of halogens is 1. The van der Waals surface area contributed by atoms with E-state index in [9.17, 15) is 9.59 Å². The van der Waals surface area contributed by atoms with E-state index in [2.05, 4.69) is 5.32 Å². The van der Waals surface area contributed by atoms with Crippen LogP contribution in [0.3, 0.4) is 0 Å². The largest absolute Gasteiger partial charge is 0.440 e. The average molecular weight is 203 g/mol. The van der Waals surface area contributed by atoms with Crippen molar-refractivity contribution < 1.29 is 14.0 Å². The summed E-state index contributed by atoms with van der Waals surface area (Å²) in [7, 11) is 0. The van der Waals surface area contributed by atoms with Crippen LogP contribution < -0.4 is 11.1 Å². The summed E-state index contributed by atoms with van der Waals surface area (Å²) in [5.41, 5.74) is 4.81. The topological polar surface area (TPSA) is 85.3 Å². The smallest absolute Gasteiger partial charge is 0.287 e. The van der Waals surface area contributed by atoms with Crippen molar-refractivity contribution >= 4 is 23.4 Å². The molecule has 0 aliphatic rings. The van der Waals surface area contributed by atoms with Gasteiger partial charge in [0.05, 0.1) is 6.54 Å². The molecular weight excluding hydrogens is 196 g/mol. The molecule has 1 rings (SSSR count). The number of rotatable bonds is 3. The van der Waals surface area contributed by atoms with E-state index in [-0.39, 0.29) is 17.5 Å². The van der Waals surface area contributed by atoms with Crippen molar-refractivity contribution in [3.05, 3.63) is 23.1 Å². The number of furan rings is 1. The Labute approximate surface area is 78.8 Å². The Morgan fingerprint density at radius 2 is 2.23 bits per heavy atom. The average Bonchev–Trinajstić information content (AvgIpc) is 2.47. The summed E-state index contributed by atoms with van der Waals surface area (Å²) in [5.74, 6) is -1.09. The highest BCUT2D eigenvalue weighted by molar-refractivity contribution is 6.29. The fourth-order valence-corrected chi connectivity index (χ4v) is 0.837. The van der Waals surface area contributed by atoms with Gasteiger partial charge < -0.3 is 15.5 Å². The Morgan fingerprint density at radius 3 is 2.69 bits per heavy atom. The van der Waals surface area contributed by atoms with Crippen LogP contribution in [0, 0.1) is 0 Å². The molecule has 2 amide bonds. The summed E-state index contributed by atoms with van der Waals surface area (Å²) < 4.78 is 4.78. The molecule has 1 aromatic rings. The third-order valence-corrected chi connectivity index (χ3v) is 1.42. The molecule has 0 aromatic carbocycles. The second kappa shape index (κ2) is 3.95. The molecule has 0 spiro atoms. The minimum atomic E-state index is -0.619. The molecule has 0 atom stereocenters. The molecule has 1 heterocycles. The molecule has 0 aliphatic carbocycles. The third kappa shape index (κ3) is 2.79. The minimum absolute atomic E-state index is 0.0475. The highest BCUT2D eigenvalue weighted by Crippen LogP contribution is 2.12. The lowest BCUT2D eigenvalue weighted by atomic mass is 10.4. The molecule has 13 heavy (non-hydrogen) atoms. The number of amides is 2. The van der Waals surface area contributed by atoms with E-state index >= 15 is 0 Å². The summed E-state index contributed by atoms with van der Waals surface area (Å²) in [6, 6.07) is 2.83. The first-order valence-electron chi connectivity index (χ1n) is 3.41. The lowest BCUT2D eigenvalue weighted by Gasteiger charge is -1.97. The van der Waals surface area contributed by atoms with E-state index in [4.69, 9.17) is 21.8 Å². The monoisotopic (exact) mass is 202 g/mol. The summed E-state index contributed by atoms with van der Waals surface area (Å²) in [4.78, 5) is 21.4. The fraction of sp³-hybridized carbons (Fsp3) is 0.143. The maximum absolute atomic E-state index is 11.1. The van der Waals surface area contributed by atoms with Gasteiger partial charge in [-0.3, -0.25) is 9.59 Å². The Balaban J connectivity index is 2.54. The first-order valence-corrected chi connectivity index (χ1v) is 3.79. The second-order valence-corrected chi connectivity index (χ2v) is 2.63. The Hall–Kier alpha value is -1.49. The summed E-state index contributed by atoms with van der Waals surface area (Å²) >= 11 is 5.43. The van der Waals surface area contributed by atoms with Crippen LogP contribution in [0.4, 0.5) is 0 Å². The van der Waals surface area contributed by atoms with Gasteiger partial charge in [0.1, 0.15) is 0 Å². The van der Waals surface area contributed by atoms with Crippen LogP contribution in [0.2, 0.25) is 5.22 Å². The molecule has 0 bridgehead atoms.